The number of rotatable bonds is 5. The van der Waals surface area contributed by atoms with Gasteiger partial charge in [-0.15, -0.1) is 0 Å². The highest BCUT2D eigenvalue weighted by atomic mass is 28.4. The summed E-state index contributed by atoms with van der Waals surface area (Å²) >= 11 is 0. The Balaban J connectivity index is 1.72. The van der Waals surface area contributed by atoms with E-state index in [0.29, 0.717) is 6.61 Å². The third-order valence-corrected chi connectivity index (χ3v) is 11.4. The standard InChI is InChI=1S/C23H31NO3Si/c1-22(2,3)28(5,6)26-14-13-23-17-9-7-8-10-19(17)24-21(23)27-20-12-11-16(25-4)15-18(20)23/h7-12,15,21,24H,13-14H2,1-6H3/t21-,23+/m1/s1. The van der Waals surface area contributed by atoms with Crippen molar-refractivity contribution in [2.24, 2.45) is 0 Å². The molecule has 0 unspecified atom stereocenters. The number of fused-ring (bicyclic) bond motifs is 5. The molecule has 28 heavy (non-hydrogen) atoms. The van der Waals surface area contributed by atoms with Gasteiger partial charge in [-0.05, 0) is 54.4 Å². The summed E-state index contributed by atoms with van der Waals surface area (Å²) in [6.45, 7) is 12.2. The van der Waals surface area contributed by atoms with E-state index in [9.17, 15) is 0 Å². The lowest BCUT2D eigenvalue weighted by Gasteiger charge is -2.37. The molecule has 4 rings (SSSR count). The molecule has 0 spiro atoms. The van der Waals surface area contributed by atoms with E-state index in [1.54, 1.807) is 7.11 Å². The van der Waals surface area contributed by atoms with Crippen LogP contribution in [0.3, 0.4) is 0 Å². The number of para-hydroxylation sites is 1. The number of anilines is 1. The Morgan fingerprint density at radius 1 is 1.11 bits per heavy atom. The maximum atomic E-state index is 6.57. The molecule has 0 amide bonds. The topological polar surface area (TPSA) is 39.7 Å². The van der Waals surface area contributed by atoms with E-state index in [-0.39, 0.29) is 16.7 Å². The summed E-state index contributed by atoms with van der Waals surface area (Å²) < 4.78 is 18.4. The maximum Gasteiger partial charge on any atom is 0.191 e. The first-order valence-corrected chi connectivity index (χ1v) is 12.9. The van der Waals surface area contributed by atoms with Crippen molar-refractivity contribution in [2.45, 2.75) is 57.0 Å². The van der Waals surface area contributed by atoms with Gasteiger partial charge in [0.2, 0.25) is 0 Å². The highest BCUT2D eigenvalue weighted by Crippen LogP contribution is 2.56. The first-order chi connectivity index (χ1) is 13.2. The van der Waals surface area contributed by atoms with Crippen LogP contribution in [0.4, 0.5) is 5.69 Å². The first kappa shape index (κ1) is 19.3. The van der Waals surface area contributed by atoms with Crippen molar-refractivity contribution in [2.75, 3.05) is 19.0 Å². The fourth-order valence-corrected chi connectivity index (χ4v) is 5.16. The number of hydrogen-bond acceptors (Lipinski definition) is 4. The van der Waals surface area contributed by atoms with Gasteiger partial charge in [-0.2, -0.15) is 0 Å². The third-order valence-electron chi connectivity index (χ3n) is 6.82. The van der Waals surface area contributed by atoms with Crippen molar-refractivity contribution in [3.05, 3.63) is 53.6 Å². The lowest BCUT2D eigenvalue weighted by molar-refractivity contribution is 0.174. The van der Waals surface area contributed by atoms with Gasteiger partial charge in [0.1, 0.15) is 11.5 Å². The van der Waals surface area contributed by atoms with Crippen LogP contribution < -0.4 is 14.8 Å². The summed E-state index contributed by atoms with van der Waals surface area (Å²) in [6.07, 6.45) is 0.754. The second kappa shape index (κ2) is 6.53. The zero-order chi connectivity index (χ0) is 20.2. The number of benzene rings is 2. The van der Waals surface area contributed by atoms with Crippen molar-refractivity contribution < 1.29 is 13.9 Å². The average molecular weight is 398 g/mol. The van der Waals surface area contributed by atoms with E-state index in [1.165, 1.54) is 11.1 Å². The second-order valence-electron chi connectivity index (χ2n) is 9.38. The molecule has 150 valence electrons. The van der Waals surface area contributed by atoms with Crippen molar-refractivity contribution in [1.82, 2.24) is 0 Å². The molecule has 2 atom stereocenters. The van der Waals surface area contributed by atoms with Crippen LogP contribution >= 0.6 is 0 Å². The molecule has 0 radical (unpaired) electrons. The summed E-state index contributed by atoms with van der Waals surface area (Å²) in [4.78, 5) is 0. The fourth-order valence-electron chi connectivity index (χ4n) is 4.12. The molecule has 2 heterocycles. The van der Waals surface area contributed by atoms with E-state index < -0.39 is 8.32 Å². The zero-order valence-corrected chi connectivity index (χ0v) is 18.8. The van der Waals surface area contributed by atoms with E-state index >= 15 is 0 Å². The largest absolute Gasteiger partial charge is 0.497 e. The number of ether oxygens (including phenoxy) is 2. The van der Waals surface area contributed by atoms with Crippen LogP contribution in [0, 0.1) is 0 Å². The number of hydrogen-bond donors (Lipinski definition) is 1. The predicted molar refractivity (Wildman–Crippen MR) is 116 cm³/mol. The van der Waals surface area contributed by atoms with Gasteiger partial charge in [-0.1, -0.05) is 39.0 Å². The van der Waals surface area contributed by atoms with E-state index in [0.717, 1.165) is 23.6 Å². The van der Waals surface area contributed by atoms with Crippen LogP contribution in [0.1, 0.15) is 38.3 Å². The highest BCUT2D eigenvalue weighted by molar-refractivity contribution is 6.74. The van der Waals surface area contributed by atoms with Crippen molar-refractivity contribution in [3.8, 4) is 11.5 Å². The molecule has 0 aliphatic carbocycles. The Morgan fingerprint density at radius 2 is 1.86 bits per heavy atom. The number of methoxy groups -OCH3 is 1. The molecule has 4 nitrogen and oxygen atoms in total. The van der Waals surface area contributed by atoms with Gasteiger partial charge in [0.25, 0.3) is 0 Å². The van der Waals surface area contributed by atoms with Gasteiger partial charge in [-0.25, -0.2) is 0 Å². The van der Waals surface area contributed by atoms with Crippen LogP contribution in [0.25, 0.3) is 0 Å². The van der Waals surface area contributed by atoms with Crippen LogP contribution in [-0.4, -0.2) is 28.3 Å². The van der Waals surface area contributed by atoms with Crippen molar-refractivity contribution in [1.29, 1.82) is 0 Å². The summed E-state index contributed by atoms with van der Waals surface area (Å²) in [6, 6.07) is 14.6. The zero-order valence-electron chi connectivity index (χ0n) is 17.8. The quantitative estimate of drug-likeness (QED) is 0.673. The Kier molecular flexibility index (Phi) is 4.51. The molecule has 1 N–H and O–H groups in total. The molecule has 2 aliphatic rings. The summed E-state index contributed by atoms with van der Waals surface area (Å²) in [5.41, 5.74) is 3.36. The van der Waals surface area contributed by atoms with Crippen molar-refractivity contribution >= 4 is 14.0 Å². The Hall–Kier alpha value is -1.98. The molecule has 0 saturated carbocycles. The number of nitrogens with one attached hydrogen (secondary N) is 1. The lowest BCUT2D eigenvalue weighted by atomic mass is 9.73. The lowest BCUT2D eigenvalue weighted by Crippen LogP contribution is -2.44. The normalized spacial score (nSPS) is 22.7. The SMILES string of the molecule is COc1ccc2c(c1)[C@]1(CCO[Si](C)(C)C(C)(C)C)c3ccccc3N[C@@H]1O2. The molecule has 0 aromatic heterocycles. The highest BCUT2D eigenvalue weighted by Gasteiger charge is 2.55. The fraction of sp³-hybridized carbons (Fsp3) is 0.478. The monoisotopic (exact) mass is 397 g/mol. The van der Waals surface area contributed by atoms with E-state index in [2.05, 4.69) is 69.5 Å². The van der Waals surface area contributed by atoms with Gasteiger partial charge in [0, 0.05) is 17.9 Å². The molecular formula is C23H31NO3Si. The molecule has 2 aromatic rings. The molecule has 0 bridgehead atoms. The second-order valence-corrected chi connectivity index (χ2v) is 14.2. The molecule has 5 heteroatoms. The summed E-state index contributed by atoms with van der Waals surface area (Å²) in [5, 5.41) is 3.79. The Labute approximate surface area is 169 Å². The van der Waals surface area contributed by atoms with Gasteiger partial charge in [0.05, 0.1) is 12.5 Å². The van der Waals surface area contributed by atoms with Crippen LogP contribution in [0.15, 0.2) is 42.5 Å². The van der Waals surface area contributed by atoms with E-state index in [4.69, 9.17) is 13.9 Å². The van der Waals surface area contributed by atoms with Crippen LogP contribution in [-0.2, 0) is 9.84 Å². The molecule has 2 aliphatic heterocycles. The minimum atomic E-state index is -1.81. The summed E-state index contributed by atoms with van der Waals surface area (Å²) in [5.74, 6) is 1.79. The predicted octanol–water partition coefficient (Wildman–Crippen LogP) is 5.54. The molecule has 0 fully saturated rings. The molecule has 2 aromatic carbocycles. The first-order valence-electron chi connectivity index (χ1n) is 10.0. The van der Waals surface area contributed by atoms with Crippen molar-refractivity contribution in [3.63, 3.8) is 0 Å². The van der Waals surface area contributed by atoms with Gasteiger partial charge < -0.3 is 19.2 Å². The Bertz CT molecular complexity index is 890. The van der Waals surface area contributed by atoms with Gasteiger partial charge >= 0.3 is 0 Å². The van der Waals surface area contributed by atoms with Crippen LogP contribution in [0.5, 0.6) is 11.5 Å². The minimum absolute atomic E-state index is 0.116. The minimum Gasteiger partial charge on any atom is -0.497 e. The maximum absolute atomic E-state index is 6.57. The average Bonchev–Trinajstić information content (AvgIpc) is 3.10. The van der Waals surface area contributed by atoms with E-state index in [1.807, 2.05) is 12.1 Å². The molecule has 0 saturated heterocycles. The van der Waals surface area contributed by atoms with Gasteiger partial charge in [0.15, 0.2) is 14.5 Å². The smallest absolute Gasteiger partial charge is 0.191 e. The van der Waals surface area contributed by atoms with Crippen LogP contribution in [0.2, 0.25) is 18.1 Å². The summed E-state index contributed by atoms with van der Waals surface area (Å²) in [7, 11) is -0.0996. The van der Waals surface area contributed by atoms with Gasteiger partial charge in [-0.3, -0.25) is 0 Å². The molecular weight excluding hydrogens is 366 g/mol. The third kappa shape index (κ3) is 2.83. The Morgan fingerprint density at radius 3 is 2.57 bits per heavy atom.